The van der Waals surface area contributed by atoms with Crippen LogP contribution in [0.3, 0.4) is 0 Å². The lowest BCUT2D eigenvalue weighted by Gasteiger charge is -2.18. The molecule has 0 radical (unpaired) electrons. The van der Waals surface area contributed by atoms with Gasteiger partial charge >= 0.3 is 0 Å². The highest BCUT2D eigenvalue weighted by molar-refractivity contribution is 7.89. The number of hydrogen-bond donors (Lipinski definition) is 0. The molecule has 0 bridgehead atoms. The Kier molecular flexibility index (Phi) is 5.53. The van der Waals surface area contributed by atoms with Crippen molar-refractivity contribution in [2.75, 3.05) is 26.0 Å². The van der Waals surface area contributed by atoms with E-state index in [1.165, 1.54) is 23.5 Å². The van der Waals surface area contributed by atoms with E-state index in [0.717, 1.165) is 11.0 Å². The van der Waals surface area contributed by atoms with Gasteiger partial charge in [0.2, 0.25) is 10.0 Å². The molecule has 3 aromatic rings. The first kappa shape index (κ1) is 18.3. The van der Waals surface area contributed by atoms with Crippen molar-refractivity contribution in [3.05, 3.63) is 60.7 Å². The van der Waals surface area contributed by atoms with Gasteiger partial charge in [-0.05, 0) is 24.3 Å². The third-order valence-corrected chi connectivity index (χ3v) is 5.92. The van der Waals surface area contributed by atoms with Crippen LogP contribution in [0.1, 0.15) is 0 Å². The van der Waals surface area contributed by atoms with Crippen molar-refractivity contribution in [1.29, 1.82) is 0 Å². The van der Waals surface area contributed by atoms with Crippen LogP contribution in [0.25, 0.3) is 11.0 Å². The third kappa shape index (κ3) is 4.20. The molecule has 6 nitrogen and oxygen atoms in total. The Morgan fingerprint density at radius 2 is 1.88 bits per heavy atom. The molecule has 8 heteroatoms. The summed E-state index contributed by atoms with van der Waals surface area (Å²) in [5.74, 6) is -0.406. The number of imidazole rings is 1. The molecular weight excluding hydrogens is 357 g/mol. The second-order valence-corrected chi connectivity index (χ2v) is 8.04. The number of rotatable bonds is 8. The number of nitrogens with zero attached hydrogens (tertiary/aromatic N) is 3. The van der Waals surface area contributed by atoms with Crippen molar-refractivity contribution in [2.45, 2.75) is 6.54 Å². The summed E-state index contributed by atoms with van der Waals surface area (Å²) in [5.41, 5.74) is 1.73. The predicted octanol–water partition coefficient (Wildman–Crippen LogP) is 2.52. The number of likely N-dealkylation sites (N-methyl/N-ethyl adjacent to an activating group) is 1. The molecule has 0 saturated carbocycles. The lowest BCUT2D eigenvalue weighted by molar-refractivity contribution is 0.275. The van der Waals surface area contributed by atoms with Gasteiger partial charge in [-0.3, -0.25) is 0 Å². The minimum Gasteiger partial charge on any atom is -0.489 e. The molecule has 1 heterocycles. The topological polar surface area (TPSA) is 64.4 Å². The number of halogens is 1. The Balaban J connectivity index is 1.55. The van der Waals surface area contributed by atoms with Crippen molar-refractivity contribution in [2.24, 2.45) is 0 Å². The number of fused-ring (bicyclic) bond motifs is 1. The standard InChI is InChI=1S/C18H20FN3O3S/c1-21(10-12-25-18-9-5-2-6-15(18)19)26(23,24)13-11-22-14-20-16-7-3-4-8-17(16)22/h2-9,14H,10-13H2,1H3. The molecule has 1 aromatic heterocycles. The molecule has 0 N–H and O–H groups in total. The second kappa shape index (κ2) is 7.84. The third-order valence-electron chi connectivity index (χ3n) is 4.09. The van der Waals surface area contributed by atoms with Crippen LogP contribution in [-0.4, -0.2) is 48.2 Å². The van der Waals surface area contributed by atoms with E-state index >= 15 is 0 Å². The number of hydrogen-bond acceptors (Lipinski definition) is 4. The summed E-state index contributed by atoms with van der Waals surface area (Å²) >= 11 is 0. The second-order valence-electron chi connectivity index (χ2n) is 5.84. The van der Waals surface area contributed by atoms with E-state index in [4.69, 9.17) is 4.74 Å². The average molecular weight is 377 g/mol. The van der Waals surface area contributed by atoms with Crippen LogP contribution in [0.5, 0.6) is 5.75 Å². The number of para-hydroxylation sites is 3. The van der Waals surface area contributed by atoms with Gasteiger partial charge in [-0.2, -0.15) is 0 Å². The highest BCUT2D eigenvalue weighted by atomic mass is 32.2. The van der Waals surface area contributed by atoms with Gasteiger partial charge in [-0.1, -0.05) is 24.3 Å². The number of aromatic nitrogens is 2. The molecule has 26 heavy (non-hydrogen) atoms. The summed E-state index contributed by atoms with van der Waals surface area (Å²) in [6, 6.07) is 13.6. The summed E-state index contributed by atoms with van der Waals surface area (Å²) in [7, 11) is -1.97. The van der Waals surface area contributed by atoms with E-state index in [0.29, 0.717) is 6.54 Å². The van der Waals surface area contributed by atoms with Gasteiger partial charge in [-0.15, -0.1) is 0 Å². The number of ether oxygens (including phenoxy) is 1. The van der Waals surface area contributed by atoms with Crippen molar-refractivity contribution in [3.63, 3.8) is 0 Å². The zero-order valence-corrected chi connectivity index (χ0v) is 15.2. The summed E-state index contributed by atoms with van der Waals surface area (Å²) in [6.45, 7) is 0.521. The quantitative estimate of drug-likeness (QED) is 0.605. The van der Waals surface area contributed by atoms with Crippen LogP contribution in [0.2, 0.25) is 0 Å². The zero-order chi connectivity index (χ0) is 18.6. The van der Waals surface area contributed by atoms with Gasteiger partial charge in [0.25, 0.3) is 0 Å². The van der Waals surface area contributed by atoms with Crippen molar-refractivity contribution in [1.82, 2.24) is 13.9 Å². The monoisotopic (exact) mass is 377 g/mol. The fraction of sp³-hybridized carbons (Fsp3) is 0.278. The first-order valence-corrected chi connectivity index (χ1v) is 9.79. The minimum absolute atomic E-state index is 0.0520. The largest absolute Gasteiger partial charge is 0.489 e. The highest BCUT2D eigenvalue weighted by Gasteiger charge is 2.18. The van der Waals surface area contributed by atoms with Crippen LogP contribution in [0.15, 0.2) is 54.9 Å². The summed E-state index contributed by atoms with van der Waals surface area (Å²) in [5, 5.41) is 0. The average Bonchev–Trinajstić information content (AvgIpc) is 3.05. The van der Waals surface area contributed by atoms with Crippen molar-refractivity contribution < 1.29 is 17.5 Å². The maximum atomic E-state index is 13.5. The minimum atomic E-state index is -3.46. The summed E-state index contributed by atoms with van der Waals surface area (Å²) in [4.78, 5) is 4.25. The molecule has 0 aliphatic carbocycles. The van der Waals surface area contributed by atoms with Crippen LogP contribution in [-0.2, 0) is 16.6 Å². The van der Waals surface area contributed by atoms with E-state index in [-0.39, 0.29) is 24.7 Å². The molecule has 0 spiro atoms. The highest BCUT2D eigenvalue weighted by Crippen LogP contribution is 2.15. The Morgan fingerprint density at radius 3 is 2.69 bits per heavy atom. The lowest BCUT2D eigenvalue weighted by Crippen LogP contribution is -2.34. The number of aryl methyl sites for hydroxylation is 1. The van der Waals surface area contributed by atoms with Gasteiger partial charge in [0, 0.05) is 20.1 Å². The number of benzene rings is 2. The van der Waals surface area contributed by atoms with E-state index in [9.17, 15) is 12.8 Å². The smallest absolute Gasteiger partial charge is 0.215 e. The van der Waals surface area contributed by atoms with E-state index in [1.54, 1.807) is 18.5 Å². The van der Waals surface area contributed by atoms with Gasteiger partial charge in [0.1, 0.15) is 6.61 Å². The van der Waals surface area contributed by atoms with Gasteiger partial charge < -0.3 is 9.30 Å². The molecule has 0 aliphatic rings. The molecule has 2 aromatic carbocycles. The van der Waals surface area contributed by atoms with Gasteiger partial charge in [0.05, 0.1) is 23.1 Å². The lowest BCUT2D eigenvalue weighted by atomic mass is 10.3. The van der Waals surface area contributed by atoms with Gasteiger partial charge in [-0.25, -0.2) is 22.1 Å². The molecule has 0 fully saturated rings. The maximum Gasteiger partial charge on any atom is 0.215 e. The first-order valence-electron chi connectivity index (χ1n) is 8.18. The molecule has 0 amide bonds. The Morgan fingerprint density at radius 1 is 1.15 bits per heavy atom. The Labute approximate surface area is 151 Å². The summed E-state index contributed by atoms with van der Waals surface area (Å²) < 4.78 is 46.7. The fourth-order valence-electron chi connectivity index (χ4n) is 2.54. The fourth-order valence-corrected chi connectivity index (χ4v) is 3.63. The van der Waals surface area contributed by atoms with Crippen LogP contribution in [0, 0.1) is 5.82 Å². The van der Waals surface area contributed by atoms with Crippen LogP contribution < -0.4 is 4.74 Å². The molecular formula is C18H20FN3O3S. The molecule has 0 unspecified atom stereocenters. The number of sulfonamides is 1. The normalized spacial score (nSPS) is 12.0. The molecule has 0 aliphatic heterocycles. The van der Waals surface area contributed by atoms with Crippen LogP contribution >= 0.6 is 0 Å². The van der Waals surface area contributed by atoms with Crippen LogP contribution in [0.4, 0.5) is 4.39 Å². The SMILES string of the molecule is CN(CCOc1ccccc1F)S(=O)(=O)CCn1cnc2ccccc21. The Hall–Kier alpha value is -2.45. The van der Waals surface area contributed by atoms with Crippen molar-refractivity contribution in [3.8, 4) is 5.75 Å². The van der Waals surface area contributed by atoms with Crippen molar-refractivity contribution >= 4 is 21.1 Å². The van der Waals surface area contributed by atoms with Gasteiger partial charge in [0.15, 0.2) is 11.6 Å². The maximum absolute atomic E-state index is 13.5. The molecule has 0 atom stereocenters. The Bertz CT molecular complexity index is 988. The molecule has 138 valence electrons. The predicted molar refractivity (Wildman–Crippen MR) is 98.0 cm³/mol. The van der Waals surface area contributed by atoms with E-state index in [2.05, 4.69) is 4.98 Å². The zero-order valence-electron chi connectivity index (χ0n) is 14.4. The van der Waals surface area contributed by atoms with E-state index < -0.39 is 15.8 Å². The van der Waals surface area contributed by atoms with E-state index in [1.807, 2.05) is 28.8 Å². The first-order chi connectivity index (χ1) is 12.5. The molecule has 3 rings (SSSR count). The summed E-state index contributed by atoms with van der Waals surface area (Å²) in [6.07, 6.45) is 1.64. The molecule has 0 saturated heterocycles.